The Labute approximate surface area is 264 Å². The summed E-state index contributed by atoms with van der Waals surface area (Å²) in [6, 6.07) is 7.64. The average Bonchev–Trinajstić information content (AvgIpc) is 3.35. The minimum atomic E-state index is -0.845. The summed E-state index contributed by atoms with van der Waals surface area (Å²) in [5, 5.41) is 12.3. The van der Waals surface area contributed by atoms with E-state index in [4.69, 9.17) is 32.7 Å². The van der Waals surface area contributed by atoms with E-state index in [1.807, 2.05) is 10.6 Å². The third kappa shape index (κ3) is 6.66. The maximum Gasteiger partial charge on any atom is 0.260 e. The molecule has 1 atom stereocenters. The number of aldehydes is 1. The Morgan fingerprint density at radius 3 is 2.79 bits per heavy atom. The number of anilines is 1. The molecule has 5 rings (SSSR count). The molecule has 1 aliphatic rings. The molecule has 1 aromatic carbocycles. The zero-order valence-electron chi connectivity index (χ0n) is 22.7. The number of aromatic nitrogens is 3. The number of benzene rings is 1. The monoisotopic (exact) mass is 688 g/mol. The topological polar surface area (TPSA) is 122 Å². The average molecular weight is 690 g/mol. The SMILES string of the molecule is CC(Oc1cc(NC(=O)c2cn(CCN3CCOCC3)c3cc(Br)c(C=O)nc23)ncc1C#N)c1c(Cl)ccc(F)c1Cl. The maximum absolute atomic E-state index is 14.1. The first-order valence-electron chi connectivity index (χ1n) is 13.2. The van der Waals surface area contributed by atoms with Crippen molar-refractivity contribution in [2.24, 2.45) is 0 Å². The molecule has 1 saturated heterocycles. The highest BCUT2D eigenvalue weighted by Crippen LogP contribution is 2.36. The van der Waals surface area contributed by atoms with Gasteiger partial charge in [0.05, 0.1) is 35.5 Å². The molecule has 0 spiro atoms. The zero-order chi connectivity index (χ0) is 30.7. The minimum Gasteiger partial charge on any atom is -0.484 e. The van der Waals surface area contributed by atoms with E-state index in [1.165, 1.54) is 18.3 Å². The highest BCUT2D eigenvalue weighted by atomic mass is 79.9. The van der Waals surface area contributed by atoms with Gasteiger partial charge >= 0.3 is 0 Å². The molecule has 1 amide bonds. The van der Waals surface area contributed by atoms with Gasteiger partial charge in [0.15, 0.2) is 6.29 Å². The molecular formula is C29H24BrCl2FN6O4. The van der Waals surface area contributed by atoms with Crippen LogP contribution in [-0.4, -0.2) is 64.5 Å². The normalized spacial score (nSPS) is 14.3. The van der Waals surface area contributed by atoms with Crippen LogP contribution in [0, 0.1) is 17.1 Å². The van der Waals surface area contributed by atoms with Crippen LogP contribution in [0.5, 0.6) is 5.75 Å². The number of morpholine rings is 1. The third-order valence-corrected chi connectivity index (χ3v) is 8.32. The summed E-state index contributed by atoms with van der Waals surface area (Å²) in [4.78, 5) is 36.1. The van der Waals surface area contributed by atoms with E-state index in [-0.39, 0.29) is 44.0 Å². The second kappa shape index (κ2) is 13.4. The van der Waals surface area contributed by atoms with Crippen molar-refractivity contribution in [1.29, 1.82) is 5.26 Å². The molecule has 0 bridgehead atoms. The summed E-state index contributed by atoms with van der Waals surface area (Å²) < 4.78 is 27.9. The number of carbonyl (C=O) groups is 2. The van der Waals surface area contributed by atoms with Crippen LogP contribution in [0.25, 0.3) is 11.0 Å². The van der Waals surface area contributed by atoms with Crippen molar-refractivity contribution in [3.05, 3.63) is 79.4 Å². The first-order valence-corrected chi connectivity index (χ1v) is 14.7. The Morgan fingerprint density at radius 2 is 2.07 bits per heavy atom. The Hall–Kier alpha value is -3.60. The lowest BCUT2D eigenvalue weighted by atomic mass is 10.1. The van der Waals surface area contributed by atoms with Gasteiger partial charge in [-0.05, 0) is 41.1 Å². The molecule has 43 heavy (non-hydrogen) atoms. The van der Waals surface area contributed by atoms with E-state index in [0.29, 0.717) is 41.6 Å². The molecule has 4 aromatic rings. The van der Waals surface area contributed by atoms with Crippen LogP contribution in [0.3, 0.4) is 0 Å². The summed E-state index contributed by atoms with van der Waals surface area (Å²) >= 11 is 15.8. The quantitative estimate of drug-likeness (QED) is 0.167. The lowest BCUT2D eigenvalue weighted by Crippen LogP contribution is -2.38. The summed E-state index contributed by atoms with van der Waals surface area (Å²) in [5.41, 5.74) is 1.69. The lowest BCUT2D eigenvalue weighted by Gasteiger charge is -2.26. The summed E-state index contributed by atoms with van der Waals surface area (Å²) in [5.74, 6) is -1.03. The molecule has 3 aromatic heterocycles. The lowest BCUT2D eigenvalue weighted by molar-refractivity contribution is 0.0365. The molecule has 1 aliphatic heterocycles. The van der Waals surface area contributed by atoms with Crippen LogP contribution < -0.4 is 10.1 Å². The molecule has 4 heterocycles. The van der Waals surface area contributed by atoms with E-state index < -0.39 is 17.8 Å². The second-order valence-electron chi connectivity index (χ2n) is 9.68. The Bertz CT molecular complexity index is 1760. The highest BCUT2D eigenvalue weighted by Gasteiger charge is 2.23. The number of nitrogens with one attached hydrogen (secondary N) is 1. The molecular weight excluding hydrogens is 666 g/mol. The number of fused-ring (bicyclic) bond motifs is 1. The summed E-state index contributed by atoms with van der Waals surface area (Å²) in [6.07, 6.45) is 2.70. The first kappa shape index (κ1) is 30.8. The number of hydrogen-bond acceptors (Lipinski definition) is 8. The number of rotatable bonds is 9. The molecule has 1 N–H and O–H groups in total. The van der Waals surface area contributed by atoms with E-state index in [0.717, 1.165) is 25.7 Å². The number of nitrogens with zero attached hydrogens (tertiary/aromatic N) is 5. The van der Waals surface area contributed by atoms with Gasteiger partial charge in [0, 0.05) is 53.5 Å². The third-order valence-electron chi connectivity index (χ3n) is 6.97. The van der Waals surface area contributed by atoms with Gasteiger partial charge in [0.25, 0.3) is 5.91 Å². The van der Waals surface area contributed by atoms with Crippen molar-refractivity contribution in [1.82, 2.24) is 19.4 Å². The van der Waals surface area contributed by atoms with Crippen LogP contribution >= 0.6 is 39.1 Å². The smallest absolute Gasteiger partial charge is 0.260 e. The van der Waals surface area contributed by atoms with Crippen molar-refractivity contribution in [3.63, 3.8) is 0 Å². The Morgan fingerprint density at radius 1 is 1.30 bits per heavy atom. The predicted molar refractivity (Wildman–Crippen MR) is 162 cm³/mol. The molecule has 0 saturated carbocycles. The predicted octanol–water partition coefficient (Wildman–Crippen LogP) is 6.05. The molecule has 1 unspecified atom stereocenters. The number of carbonyl (C=O) groups excluding carboxylic acids is 2. The van der Waals surface area contributed by atoms with Crippen LogP contribution in [0.15, 0.2) is 41.1 Å². The van der Waals surface area contributed by atoms with Gasteiger partial charge < -0.3 is 19.4 Å². The highest BCUT2D eigenvalue weighted by molar-refractivity contribution is 9.10. The summed E-state index contributed by atoms with van der Waals surface area (Å²) in [6.45, 7) is 5.88. The van der Waals surface area contributed by atoms with E-state index in [1.54, 1.807) is 19.2 Å². The van der Waals surface area contributed by atoms with Gasteiger partial charge in [-0.2, -0.15) is 5.26 Å². The van der Waals surface area contributed by atoms with Gasteiger partial charge in [0.1, 0.15) is 46.3 Å². The van der Waals surface area contributed by atoms with Crippen LogP contribution in [0.1, 0.15) is 45.0 Å². The Kier molecular flexibility index (Phi) is 9.59. The van der Waals surface area contributed by atoms with Crippen molar-refractivity contribution in [2.75, 3.05) is 38.2 Å². The fourth-order valence-electron chi connectivity index (χ4n) is 4.74. The minimum absolute atomic E-state index is 0.0786. The number of hydrogen-bond donors (Lipinski definition) is 1. The first-order chi connectivity index (χ1) is 20.7. The van der Waals surface area contributed by atoms with Crippen LogP contribution in [0.2, 0.25) is 10.0 Å². The fraction of sp³-hybridized carbons (Fsp3) is 0.276. The second-order valence-corrected chi connectivity index (χ2v) is 11.3. The van der Waals surface area contributed by atoms with E-state index in [2.05, 4.69) is 36.1 Å². The fourth-order valence-corrected chi connectivity index (χ4v) is 5.82. The standard InChI is InChI=1S/C29H24BrCl2FN6O4/c1-16(26-20(31)2-3-21(33)27(26)32)43-24-11-25(35-13-17(24)12-34)37-29(41)18-14-39(5-4-38-6-8-42-9-7-38)23-10-19(30)22(15-40)36-28(18)23/h2-3,10-11,13-16H,4-9H2,1H3,(H,35,37,41). The molecule has 10 nitrogen and oxygen atoms in total. The summed E-state index contributed by atoms with van der Waals surface area (Å²) in [7, 11) is 0. The zero-order valence-corrected chi connectivity index (χ0v) is 25.8. The maximum atomic E-state index is 14.1. The molecule has 1 fully saturated rings. The van der Waals surface area contributed by atoms with Crippen LogP contribution in [0.4, 0.5) is 10.2 Å². The number of halogens is 4. The van der Waals surface area contributed by atoms with Gasteiger partial charge in [-0.15, -0.1) is 0 Å². The van der Waals surface area contributed by atoms with Crippen LogP contribution in [-0.2, 0) is 11.3 Å². The largest absolute Gasteiger partial charge is 0.484 e. The molecule has 0 radical (unpaired) electrons. The molecule has 0 aliphatic carbocycles. The van der Waals surface area contributed by atoms with E-state index >= 15 is 0 Å². The number of amides is 1. The van der Waals surface area contributed by atoms with Gasteiger partial charge in [-0.25, -0.2) is 14.4 Å². The molecule has 222 valence electrons. The number of pyridine rings is 2. The number of ether oxygens (including phenoxy) is 2. The van der Waals surface area contributed by atoms with Gasteiger partial charge in [-0.1, -0.05) is 23.2 Å². The van der Waals surface area contributed by atoms with Crippen molar-refractivity contribution in [3.8, 4) is 11.8 Å². The van der Waals surface area contributed by atoms with Gasteiger partial charge in [0.2, 0.25) is 0 Å². The van der Waals surface area contributed by atoms with Crippen molar-refractivity contribution in [2.45, 2.75) is 19.6 Å². The number of nitriles is 1. The van der Waals surface area contributed by atoms with Gasteiger partial charge in [-0.3, -0.25) is 14.5 Å². The van der Waals surface area contributed by atoms with Crippen molar-refractivity contribution >= 4 is 68.2 Å². The molecule has 14 heteroatoms. The van der Waals surface area contributed by atoms with Crippen molar-refractivity contribution < 1.29 is 23.5 Å². The Balaban J connectivity index is 1.43. The van der Waals surface area contributed by atoms with E-state index in [9.17, 15) is 19.2 Å².